The summed E-state index contributed by atoms with van der Waals surface area (Å²) in [5, 5.41) is 0. The lowest BCUT2D eigenvalue weighted by atomic mass is 9.93. The third kappa shape index (κ3) is 2.33. The van der Waals surface area contributed by atoms with Crippen LogP contribution in [-0.2, 0) is 0 Å². The molecule has 0 spiro atoms. The highest BCUT2D eigenvalue weighted by atomic mass is 79.9. The molecule has 0 aromatic carbocycles. The fourth-order valence-electron chi connectivity index (χ4n) is 2.01. The van der Waals surface area contributed by atoms with Crippen molar-refractivity contribution in [3.8, 4) is 0 Å². The molecule has 2 nitrogen and oxygen atoms in total. The predicted octanol–water partition coefficient (Wildman–Crippen LogP) is 3.39. The van der Waals surface area contributed by atoms with E-state index in [0.29, 0.717) is 5.41 Å². The number of anilines is 1. The Bertz CT molecular complexity index is 374. The van der Waals surface area contributed by atoms with Crippen LogP contribution in [-0.4, -0.2) is 18.1 Å². The van der Waals surface area contributed by atoms with Crippen LogP contribution in [0.25, 0.3) is 0 Å². The van der Waals surface area contributed by atoms with Crippen LogP contribution in [0.2, 0.25) is 0 Å². The highest BCUT2D eigenvalue weighted by Crippen LogP contribution is 2.32. The molecule has 1 fully saturated rings. The fraction of sp³-hybridized carbons (Fsp3) is 0.583. The summed E-state index contributed by atoms with van der Waals surface area (Å²) in [6, 6.07) is 2.16. The van der Waals surface area contributed by atoms with Crippen LogP contribution in [0.3, 0.4) is 0 Å². The predicted molar refractivity (Wildman–Crippen MR) is 67.3 cm³/mol. The van der Waals surface area contributed by atoms with Crippen molar-refractivity contribution in [1.82, 2.24) is 4.98 Å². The molecule has 0 aliphatic carbocycles. The molecule has 1 aliphatic heterocycles. The summed E-state index contributed by atoms with van der Waals surface area (Å²) >= 11 is 3.48. The molecule has 0 amide bonds. The van der Waals surface area contributed by atoms with Gasteiger partial charge in [0.25, 0.3) is 0 Å². The van der Waals surface area contributed by atoms with Crippen LogP contribution in [0.4, 0.5) is 5.82 Å². The largest absolute Gasteiger partial charge is 0.356 e. The second kappa shape index (κ2) is 3.78. The number of aryl methyl sites for hydroxylation is 1. The summed E-state index contributed by atoms with van der Waals surface area (Å²) in [5.41, 5.74) is 1.69. The Kier molecular flexibility index (Phi) is 2.75. The van der Waals surface area contributed by atoms with E-state index in [1.54, 1.807) is 0 Å². The average Bonchev–Trinajstić information content (AvgIpc) is 2.51. The molecule has 0 atom stereocenters. The van der Waals surface area contributed by atoms with Crippen molar-refractivity contribution in [2.75, 3.05) is 18.0 Å². The minimum absolute atomic E-state index is 0.433. The standard InChI is InChI=1S/C12H17BrN2/c1-9-6-11(14-7-10(9)13)15-5-4-12(2,3)8-15/h6-7H,4-5,8H2,1-3H3. The smallest absolute Gasteiger partial charge is 0.128 e. The number of rotatable bonds is 1. The van der Waals surface area contributed by atoms with Crippen LogP contribution in [0.1, 0.15) is 25.8 Å². The summed E-state index contributed by atoms with van der Waals surface area (Å²) in [7, 11) is 0. The zero-order valence-electron chi connectivity index (χ0n) is 9.55. The maximum atomic E-state index is 4.47. The molecule has 1 aromatic rings. The monoisotopic (exact) mass is 268 g/mol. The zero-order valence-corrected chi connectivity index (χ0v) is 11.1. The van der Waals surface area contributed by atoms with Gasteiger partial charge in [-0.3, -0.25) is 0 Å². The second-order valence-electron chi connectivity index (χ2n) is 5.13. The van der Waals surface area contributed by atoms with Gasteiger partial charge in [0.15, 0.2) is 0 Å². The molecule has 15 heavy (non-hydrogen) atoms. The molecule has 2 heterocycles. The number of aromatic nitrogens is 1. The van der Waals surface area contributed by atoms with Gasteiger partial charge >= 0.3 is 0 Å². The maximum absolute atomic E-state index is 4.47. The van der Waals surface area contributed by atoms with Crippen molar-refractivity contribution in [2.45, 2.75) is 27.2 Å². The molecular weight excluding hydrogens is 252 g/mol. The van der Waals surface area contributed by atoms with E-state index in [4.69, 9.17) is 0 Å². The van der Waals surface area contributed by atoms with Crippen molar-refractivity contribution >= 4 is 21.7 Å². The van der Waals surface area contributed by atoms with Gasteiger partial charge in [-0.15, -0.1) is 0 Å². The van der Waals surface area contributed by atoms with Gasteiger partial charge in [0.2, 0.25) is 0 Å². The molecule has 2 rings (SSSR count). The quantitative estimate of drug-likeness (QED) is 0.776. The van der Waals surface area contributed by atoms with E-state index in [1.165, 1.54) is 12.0 Å². The second-order valence-corrected chi connectivity index (χ2v) is 5.98. The van der Waals surface area contributed by atoms with Crippen LogP contribution >= 0.6 is 15.9 Å². The molecule has 0 unspecified atom stereocenters. The fourth-order valence-corrected chi connectivity index (χ4v) is 2.22. The Morgan fingerprint density at radius 3 is 2.73 bits per heavy atom. The third-order valence-electron chi connectivity index (χ3n) is 3.03. The Labute approximate surface area is 99.8 Å². The first-order chi connectivity index (χ1) is 6.98. The first-order valence-electron chi connectivity index (χ1n) is 5.35. The van der Waals surface area contributed by atoms with Crippen LogP contribution in [0.15, 0.2) is 16.7 Å². The normalized spacial score (nSPS) is 19.6. The molecule has 1 saturated heterocycles. The van der Waals surface area contributed by atoms with E-state index in [0.717, 1.165) is 23.4 Å². The van der Waals surface area contributed by atoms with Crippen molar-refractivity contribution in [1.29, 1.82) is 0 Å². The van der Waals surface area contributed by atoms with Gasteiger partial charge in [-0.25, -0.2) is 4.98 Å². The average molecular weight is 269 g/mol. The van der Waals surface area contributed by atoms with Crippen LogP contribution in [0, 0.1) is 12.3 Å². The van der Waals surface area contributed by atoms with E-state index in [2.05, 4.69) is 52.7 Å². The molecule has 0 radical (unpaired) electrons. The van der Waals surface area contributed by atoms with Gasteiger partial charge in [0.05, 0.1) is 0 Å². The van der Waals surface area contributed by atoms with E-state index < -0.39 is 0 Å². The first-order valence-corrected chi connectivity index (χ1v) is 6.14. The minimum Gasteiger partial charge on any atom is -0.356 e. The number of hydrogen-bond donors (Lipinski definition) is 0. The molecule has 82 valence electrons. The van der Waals surface area contributed by atoms with Crippen molar-refractivity contribution < 1.29 is 0 Å². The SMILES string of the molecule is Cc1cc(N2CCC(C)(C)C2)ncc1Br. The van der Waals surface area contributed by atoms with Gasteiger partial charge in [-0.05, 0) is 46.3 Å². The number of halogens is 1. The van der Waals surface area contributed by atoms with Crippen molar-refractivity contribution in [3.63, 3.8) is 0 Å². The maximum Gasteiger partial charge on any atom is 0.128 e. The zero-order chi connectivity index (χ0) is 11.1. The first kappa shape index (κ1) is 10.9. The molecule has 3 heteroatoms. The lowest BCUT2D eigenvalue weighted by Gasteiger charge is -2.21. The van der Waals surface area contributed by atoms with Crippen LogP contribution in [0.5, 0.6) is 0 Å². The highest BCUT2D eigenvalue weighted by Gasteiger charge is 2.29. The van der Waals surface area contributed by atoms with E-state index in [1.807, 2.05) is 6.20 Å². The summed E-state index contributed by atoms with van der Waals surface area (Å²) in [4.78, 5) is 6.84. The lowest BCUT2D eigenvalue weighted by Crippen LogP contribution is -2.23. The van der Waals surface area contributed by atoms with Crippen LogP contribution < -0.4 is 4.90 Å². The minimum atomic E-state index is 0.433. The van der Waals surface area contributed by atoms with Gasteiger partial charge < -0.3 is 4.90 Å². The topological polar surface area (TPSA) is 16.1 Å². The lowest BCUT2D eigenvalue weighted by molar-refractivity contribution is 0.418. The molecule has 1 aliphatic rings. The summed E-state index contributed by atoms with van der Waals surface area (Å²) < 4.78 is 1.09. The number of pyridine rings is 1. The number of nitrogens with zero attached hydrogens (tertiary/aromatic N) is 2. The molecule has 0 saturated carbocycles. The molecule has 0 N–H and O–H groups in total. The summed E-state index contributed by atoms with van der Waals surface area (Å²) in [5.74, 6) is 1.11. The summed E-state index contributed by atoms with van der Waals surface area (Å²) in [6.45, 7) is 8.98. The van der Waals surface area contributed by atoms with Gasteiger partial charge in [0.1, 0.15) is 5.82 Å². The van der Waals surface area contributed by atoms with Gasteiger partial charge in [0, 0.05) is 23.8 Å². The van der Waals surface area contributed by atoms with E-state index in [-0.39, 0.29) is 0 Å². The molecule has 0 bridgehead atoms. The van der Waals surface area contributed by atoms with E-state index >= 15 is 0 Å². The highest BCUT2D eigenvalue weighted by molar-refractivity contribution is 9.10. The van der Waals surface area contributed by atoms with Crippen molar-refractivity contribution in [2.24, 2.45) is 5.41 Å². The van der Waals surface area contributed by atoms with E-state index in [9.17, 15) is 0 Å². The Balaban J connectivity index is 2.21. The molecular formula is C12H17BrN2. The van der Waals surface area contributed by atoms with Gasteiger partial charge in [-0.1, -0.05) is 13.8 Å². The number of hydrogen-bond acceptors (Lipinski definition) is 2. The Hall–Kier alpha value is -0.570. The molecule has 1 aromatic heterocycles. The Morgan fingerprint density at radius 2 is 2.20 bits per heavy atom. The summed E-state index contributed by atoms with van der Waals surface area (Å²) in [6.07, 6.45) is 3.15. The van der Waals surface area contributed by atoms with Crippen molar-refractivity contribution in [3.05, 3.63) is 22.3 Å². The Morgan fingerprint density at radius 1 is 1.47 bits per heavy atom. The van der Waals surface area contributed by atoms with Gasteiger partial charge in [-0.2, -0.15) is 0 Å². The third-order valence-corrected chi connectivity index (χ3v) is 3.86.